The summed E-state index contributed by atoms with van der Waals surface area (Å²) in [6.07, 6.45) is 2.40. The van der Waals surface area contributed by atoms with E-state index < -0.39 is 0 Å². The number of pyridine rings is 1. The minimum atomic E-state index is 0.564. The molecule has 0 fully saturated rings. The molecule has 2 rings (SSSR count). The maximum absolute atomic E-state index is 9.21. The molecule has 21 heavy (non-hydrogen) atoms. The van der Waals surface area contributed by atoms with Gasteiger partial charge in [-0.15, -0.1) is 0 Å². The van der Waals surface area contributed by atoms with Crippen LogP contribution in [0.1, 0.15) is 22.3 Å². The molecule has 1 heterocycles. The summed E-state index contributed by atoms with van der Waals surface area (Å²) in [5.74, 6) is 1.56. The first-order valence-electron chi connectivity index (χ1n) is 6.35. The van der Waals surface area contributed by atoms with Gasteiger partial charge in [0.1, 0.15) is 22.2 Å². The van der Waals surface area contributed by atoms with Gasteiger partial charge in [-0.25, -0.2) is 4.98 Å². The molecule has 0 radical (unpaired) electrons. The van der Waals surface area contributed by atoms with E-state index in [1.54, 1.807) is 20.4 Å². The molecule has 108 valence electrons. The van der Waals surface area contributed by atoms with Crippen LogP contribution in [-0.4, -0.2) is 19.2 Å². The molecule has 1 aromatic carbocycles. The Hall–Kier alpha value is -2.06. The maximum Gasteiger partial charge on any atom is 0.124 e. The van der Waals surface area contributed by atoms with Crippen molar-refractivity contribution < 1.29 is 9.47 Å². The van der Waals surface area contributed by atoms with Gasteiger partial charge >= 0.3 is 0 Å². The zero-order valence-corrected chi connectivity index (χ0v) is 13.7. The van der Waals surface area contributed by atoms with E-state index in [1.165, 1.54) is 0 Å². The van der Waals surface area contributed by atoms with Gasteiger partial charge in [-0.1, -0.05) is 0 Å². The molecule has 1 aromatic heterocycles. The fraction of sp³-hybridized carbons (Fsp3) is 0.250. The number of hydrogen-bond donors (Lipinski definition) is 0. The minimum Gasteiger partial charge on any atom is -0.497 e. The van der Waals surface area contributed by atoms with Crippen LogP contribution in [0.5, 0.6) is 11.5 Å². The van der Waals surface area contributed by atoms with Crippen LogP contribution in [0.25, 0.3) is 0 Å². The monoisotopic (exact) mass is 346 g/mol. The zero-order valence-electron chi connectivity index (χ0n) is 12.1. The van der Waals surface area contributed by atoms with E-state index in [2.05, 4.69) is 27.0 Å². The van der Waals surface area contributed by atoms with Crippen molar-refractivity contribution in [1.29, 1.82) is 5.26 Å². The first-order chi connectivity index (χ1) is 10.1. The molecule has 0 bridgehead atoms. The number of ether oxygens (including phenoxy) is 2. The van der Waals surface area contributed by atoms with Crippen LogP contribution in [0.15, 0.2) is 29.0 Å². The van der Waals surface area contributed by atoms with Crippen LogP contribution in [0.3, 0.4) is 0 Å². The summed E-state index contributed by atoms with van der Waals surface area (Å²) in [5.41, 5.74) is 3.47. The van der Waals surface area contributed by atoms with Crippen molar-refractivity contribution in [2.75, 3.05) is 14.2 Å². The van der Waals surface area contributed by atoms with Crippen molar-refractivity contribution in [2.24, 2.45) is 0 Å². The molecule has 0 aliphatic heterocycles. The highest BCUT2D eigenvalue weighted by atomic mass is 79.9. The minimum absolute atomic E-state index is 0.564. The van der Waals surface area contributed by atoms with Crippen molar-refractivity contribution >= 4 is 15.9 Å². The molecule has 0 aliphatic carbocycles. The Morgan fingerprint density at radius 3 is 2.62 bits per heavy atom. The van der Waals surface area contributed by atoms with Crippen LogP contribution in [-0.2, 0) is 6.42 Å². The van der Waals surface area contributed by atoms with Gasteiger partial charge in [0.15, 0.2) is 0 Å². The Bertz CT molecular complexity index is 708. The Balaban J connectivity index is 2.45. The Labute approximate surface area is 132 Å². The molecule has 0 N–H and O–H groups in total. The average Bonchev–Trinajstić information content (AvgIpc) is 2.50. The lowest BCUT2D eigenvalue weighted by Crippen LogP contribution is -2.00. The number of nitrogens with zero attached hydrogens (tertiary/aromatic N) is 2. The van der Waals surface area contributed by atoms with Crippen molar-refractivity contribution in [3.8, 4) is 17.6 Å². The second-order valence-corrected chi connectivity index (χ2v) is 5.29. The SMILES string of the molecule is COc1ccc(OC)c(Cc2cnc(Br)c(C#N)c2C)c1. The molecule has 0 aliphatic rings. The van der Waals surface area contributed by atoms with Gasteiger partial charge in [0.05, 0.1) is 19.8 Å². The van der Waals surface area contributed by atoms with Gasteiger partial charge in [-0.3, -0.25) is 0 Å². The number of nitriles is 1. The van der Waals surface area contributed by atoms with Crippen LogP contribution in [0.4, 0.5) is 0 Å². The Kier molecular flexibility index (Phi) is 4.81. The van der Waals surface area contributed by atoms with E-state index in [0.29, 0.717) is 16.6 Å². The van der Waals surface area contributed by atoms with Crippen molar-refractivity contribution in [3.63, 3.8) is 0 Å². The first-order valence-corrected chi connectivity index (χ1v) is 7.15. The van der Waals surface area contributed by atoms with E-state index in [1.807, 2.05) is 25.1 Å². The second-order valence-electron chi connectivity index (χ2n) is 4.54. The molecular weight excluding hydrogens is 332 g/mol. The molecular formula is C16H15BrN2O2. The first kappa shape index (κ1) is 15.3. The summed E-state index contributed by atoms with van der Waals surface area (Å²) in [4.78, 5) is 4.23. The molecule has 0 spiro atoms. The van der Waals surface area contributed by atoms with Crippen molar-refractivity contribution in [1.82, 2.24) is 4.98 Å². The quantitative estimate of drug-likeness (QED) is 0.793. The fourth-order valence-electron chi connectivity index (χ4n) is 2.14. The van der Waals surface area contributed by atoms with Crippen LogP contribution in [0.2, 0.25) is 0 Å². The fourth-order valence-corrected chi connectivity index (χ4v) is 2.63. The van der Waals surface area contributed by atoms with Gasteiger partial charge < -0.3 is 9.47 Å². The van der Waals surface area contributed by atoms with Crippen LogP contribution in [0, 0.1) is 18.3 Å². The average molecular weight is 347 g/mol. The predicted molar refractivity (Wildman–Crippen MR) is 83.7 cm³/mol. The molecule has 0 saturated carbocycles. The van der Waals surface area contributed by atoms with Crippen LogP contribution < -0.4 is 9.47 Å². The summed E-state index contributed by atoms with van der Waals surface area (Å²) in [7, 11) is 3.27. The smallest absolute Gasteiger partial charge is 0.124 e. The number of halogens is 1. The number of hydrogen-bond acceptors (Lipinski definition) is 4. The lowest BCUT2D eigenvalue weighted by molar-refractivity contribution is 0.399. The summed E-state index contributed by atoms with van der Waals surface area (Å²) in [6.45, 7) is 1.92. The number of methoxy groups -OCH3 is 2. The summed E-state index contributed by atoms with van der Waals surface area (Å²) in [6, 6.07) is 7.85. The topological polar surface area (TPSA) is 55.1 Å². The number of aromatic nitrogens is 1. The molecule has 2 aromatic rings. The molecule has 5 heteroatoms. The van der Waals surface area contributed by atoms with E-state index >= 15 is 0 Å². The maximum atomic E-state index is 9.21. The Morgan fingerprint density at radius 2 is 2.00 bits per heavy atom. The highest BCUT2D eigenvalue weighted by Gasteiger charge is 2.12. The summed E-state index contributed by atoms with van der Waals surface area (Å²) in [5, 5.41) is 9.21. The summed E-state index contributed by atoms with van der Waals surface area (Å²) >= 11 is 3.30. The highest BCUT2D eigenvalue weighted by Crippen LogP contribution is 2.28. The van der Waals surface area contributed by atoms with Gasteiger partial charge in [0.25, 0.3) is 0 Å². The molecule has 0 saturated heterocycles. The van der Waals surface area contributed by atoms with Crippen LogP contribution >= 0.6 is 15.9 Å². The highest BCUT2D eigenvalue weighted by molar-refractivity contribution is 9.10. The van der Waals surface area contributed by atoms with E-state index in [0.717, 1.165) is 28.2 Å². The molecule has 0 unspecified atom stereocenters. The van der Waals surface area contributed by atoms with Gasteiger partial charge in [0.2, 0.25) is 0 Å². The lowest BCUT2D eigenvalue weighted by atomic mass is 9.99. The largest absolute Gasteiger partial charge is 0.497 e. The third-order valence-corrected chi connectivity index (χ3v) is 3.98. The van der Waals surface area contributed by atoms with Crippen molar-refractivity contribution in [2.45, 2.75) is 13.3 Å². The third kappa shape index (κ3) is 3.17. The van der Waals surface area contributed by atoms with Gasteiger partial charge in [0, 0.05) is 18.2 Å². The van der Waals surface area contributed by atoms with Gasteiger partial charge in [-0.2, -0.15) is 5.26 Å². The molecule has 0 atom stereocenters. The lowest BCUT2D eigenvalue weighted by Gasteiger charge is -2.12. The normalized spacial score (nSPS) is 10.0. The summed E-state index contributed by atoms with van der Waals surface area (Å²) < 4.78 is 11.2. The van der Waals surface area contributed by atoms with E-state index in [-0.39, 0.29) is 0 Å². The number of rotatable bonds is 4. The van der Waals surface area contributed by atoms with E-state index in [4.69, 9.17) is 9.47 Å². The standard InChI is InChI=1S/C16H15BrN2O2/c1-10-12(9-19-16(17)14(10)8-18)6-11-7-13(20-2)4-5-15(11)21-3/h4-5,7,9H,6H2,1-3H3. The number of benzene rings is 1. The zero-order chi connectivity index (χ0) is 15.4. The molecule has 0 amide bonds. The second kappa shape index (κ2) is 6.59. The van der Waals surface area contributed by atoms with Gasteiger partial charge in [-0.05, 0) is 52.2 Å². The third-order valence-electron chi connectivity index (χ3n) is 3.38. The van der Waals surface area contributed by atoms with Crippen molar-refractivity contribution in [3.05, 3.63) is 51.3 Å². The Morgan fingerprint density at radius 1 is 1.24 bits per heavy atom. The predicted octanol–water partition coefficient (Wildman–Crippen LogP) is 3.63. The molecule has 4 nitrogen and oxygen atoms in total. The van der Waals surface area contributed by atoms with E-state index in [9.17, 15) is 5.26 Å².